The maximum atomic E-state index is 12.7. The van der Waals surface area contributed by atoms with Gasteiger partial charge in [-0.2, -0.15) is 0 Å². The SMILES string of the molecule is Cc1cccc(N)c1C(=O)N1CC(O)CC1CN(C)C. The molecule has 1 fully saturated rings. The van der Waals surface area contributed by atoms with Crippen molar-refractivity contribution in [2.24, 2.45) is 0 Å². The van der Waals surface area contributed by atoms with Crippen LogP contribution < -0.4 is 5.73 Å². The summed E-state index contributed by atoms with van der Waals surface area (Å²) in [5.41, 5.74) is 7.89. The van der Waals surface area contributed by atoms with Gasteiger partial charge in [0.2, 0.25) is 0 Å². The molecule has 0 bridgehead atoms. The van der Waals surface area contributed by atoms with Gasteiger partial charge >= 0.3 is 0 Å². The van der Waals surface area contributed by atoms with Crippen LogP contribution >= 0.6 is 0 Å². The van der Waals surface area contributed by atoms with Crippen LogP contribution in [0, 0.1) is 6.92 Å². The number of carbonyl (C=O) groups is 1. The second kappa shape index (κ2) is 5.81. The minimum absolute atomic E-state index is 0.0338. The number of benzene rings is 1. The Morgan fingerprint density at radius 3 is 2.80 bits per heavy atom. The fourth-order valence-corrected chi connectivity index (χ4v) is 2.86. The molecule has 2 atom stereocenters. The molecule has 0 aliphatic carbocycles. The number of carbonyl (C=O) groups excluding carboxylic acids is 1. The number of nitrogens with zero attached hydrogens (tertiary/aromatic N) is 2. The molecule has 110 valence electrons. The van der Waals surface area contributed by atoms with Gasteiger partial charge in [-0.3, -0.25) is 4.79 Å². The highest BCUT2D eigenvalue weighted by Gasteiger charge is 2.35. The summed E-state index contributed by atoms with van der Waals surface area (Å²) in [5.74, 6) is -0.0796. The van der Waals surface area contributed by atoms with Crippen molar-refractivity contribution in [2.45, 2.75) is 25.5 Å². The van der Waals surface area contributed by atoms with E-state index >= 15 is 0 Å². The molecule has 5 nitrogen and oxygen atoms in total. The van der Waals surface area contributed by atoms with E-state index in [9.17, 15) is 9.90 Å². The van der Waals surface area contributed by atoms with Crippen molar-refractivity contribution in [2.75, 3.05) is 32.9 Å². The van der Waals surface area contributed by atoms with Crippen LogP contribution in [0.5, 0.6) is 0 Å². The van der Waals surface area contributed by atoms with Crippen LogP contribution in [0.3, 0.4) is 0 Å². The molecular weight excluding hydrogens is 254 g/mol. The van der Waals surface area contributed by atoms with Crippen molar-refractivity contribution in [3.8, 4) is 0 Å². The van der Waals surface area contributed by atoms with Gasteiger partial charge in [0, 0.05) is 24.8 Å². The Bertz CT molecular complexity index is 482. The van der Waals surface area contributed by atoms with Gasteiger partial charge in [0.05, 0.1) is 11.7 Å². The second-order valence-electron chi connectivity index (χ2n) is 5.80. The third-order valence-electron chi connectivity index (χ3n) is 3.75. The van der Waals surface area contributed by atoms with Gasteiger partial charge in [-0.25, -0.2) is 0 Å². The number of rotatable bonds is 3. The minimum atomic E-state index is -0.450. The number of aryl methyl sites for hydroxylation is 1. The Morgan fingerprint density at radius 1 is 1.50 bits per heavy atom. The number of aliphatic hydroxyl groups excluding tert-OH is 1. The zero-order valence-corrected chi connectivity index (χ0v) is 12.3. The second-order valence-corrected chi connectivity index (χ2v) is 5.80. The van der Waals surface area contributed by atoms with Crippen LogP contribution in [0.25, 0.3) is 0 Å². The van der Waals surface area contributed by atoms with E-state index in [1.54, 1.807) is 11.0 Å². The van der Waals surface area contributed by atoms with Gasteiger partial charge in [0.25, 0.3) is 5.91 Å². The van der Waals surface area contributed by atoms with E-state index in [-0.39, 0.29) is 11.9 Å². The lowest BCUT2D eigenvalue weighted by atomic mass is 10.0. The van der Waals surface area contributed by atoms with Gasteiger partial charge in [-0.05, 0) is 39.1 Å². The molecule has 5 heteroatoms. The molecule has 3 N–H and O–H groups in total. The maximum absolute atomic E-state index is 12.7. The summed E-state index contributed by atoms with van der Waals surface area (Å²) in [6, 6.07) is 5.51. The molecule has 1 aliphatic rings. The topological polar surface area (TPSA) is 69.8 Å². The molecule has 20 heavy (non-hydrogen) atoms. The predicted molar refractivity (Wildman–Crippen MR) is 79.6 cm³/mol. The summed E-state index contributed by atoms with van der Waals surface area (Å²) in [7, 11) is 3.94. The Morgan fingerprint density at radius 2 is 2.20 bits per heavy atom. The average molecular weight is 277 g/mol. The number of β-amino-alcohol motifs (C(OH)–C–C–N with tert-alkyl or cyclic N) is 1. The number of amides is 1. The molecule has 1 saturated heterocycles. The zero-order valence-electron chi connectivity index (χ0n) is 12.3. The number of aliphatic hydroxyl groups is 1. The van der Waals surface area contributed by atoms with Crippen LogP contribution in [0.1, 0.15) is 22.3 Å². The third-order valence-corrected chi connectivity index (χ3v) is 3.75. The van der Waals surface area contributed by atoms with Gasteiger partial charge in [-0.1, -0.05) is 12.1 Å². The van der Waals surface area contributed by atoms with Crippen molar-refractivity contribution < 1.29 is 9.90 Å². The minimum Gasteiger partial charge on any atom is -0.398 e. The average Bonchev–Trinajstić information content (AvgIpc) is 2.68. The summed E-state index contributed by atoms with van der Waals surface area (Å²) in [4.78, 5) is 16.5. The van der Waals surface area contributed by atoms with Gasteiger partial charge in [0.15, 0.2) is 0 Å². The highest BCUT2D eigenvalue weighted by molar-refractivity contribution is 6.00. The first-order valence-electron chi connectivity index (χ1n) is 6.89. The summed E-state index contributed by atoms with van der Waals surface area (Å²) < 4.78 is 0. The van der Waals surface area contributed by atoms with Crippen LogP contribution in [0.2, 0.25) is 0 Å². The molecule has 1 aromatic rings. The van der Waals surface area contributed by atoms with Crippen molar-refractivity contribution in [3.05, 3.63) is 29.3 Å². The summed E-state index contributed by atoms with van der Waals surface area (Å²) in [5, 5.41) is 9.87. The number of nitrogens with two attached hydrogens (primary N) is 1. The van der Waals surface area contributed by atoms with E-state index in [4.69, 9.17) is 5.73 Å². The summed E-state index contributed by atoms with van der Waals surface area (Å²) in [6.07, 6.45) is 0.171. The predicted octanol–water partition coefficient (Wildman–Crippen LogP) is 0.714. The maximum Gasteiger partial charge on any atom is 0.256 e. The number of nitrogen functional groups attached to an aromatic ring is 1. The molecule has 0 aromatic heterocycles. The Balaban J connectivity index is 2.27. The van der Waals surface area contributed by atoms with E-state index in [0.29, 0.717) is 24.2 Å². The lowest BCUT2D eigenvalue weighted by Gasteiger charge is -2.27. The number of likely N-dealkylation sites (N-methyl/N-ethyl adjacent to an activating group) is 1. The molecule has 0 saturated carbocycles. The number of likely N-dealkylation sites (tertiary alicyclic amines) is 1. The van der Waals surface area contributed by atoms with Crippen molar-refractivity contribution in [1.82, 2.24) is 9.80 Å². The largest absolute Gasteiger partial charge is 0.398 e. The van der Waals surface area contributed by atoms with Crippen LogP contribution in [-0.4, -0.2) is 60.1 Å². The monoisotopic (exact) mass is 277 g/mol. The Labute approximate surface area is 120 Å². The fraction of sp³-hybridized carbons (Fsp3) is 0.533. The molecule has 1 amide bonds. The lowest BCUT2D eigenvalue weighted by Crippen LogP contribution is -2.41. The number of hydrogen-bond acceptors (Lipinski definition) is 4. The summed E-state index contributed by atoms with van der Waals surface area (Å²) in [6.45, 7) is 3.01. The van der Waals surface area contributed by atoms with E-state index in [1.807, 2.05) is 38.1 Å². The van der Waals surface area contributed by atoms with Gasteiger partial charge in [0.1, 0.15) is 0 Å². The molecule has 1 heterocycles. The molecule has 0 spiro atoms. The van der Waals surface area contributed by atoms with Crippen molar-refractivity contribution in [3.63, 3.8) is 0 Å². The highest BCUT2D eigenvalue weighted by Crippen LogP contribution is 2.25. The quantitative estimate of drug-likeness (QED) is 0.799. The summed E-state index contributed by atoms with van der Waals surface area (Å²) >= 11 is 0. The van der Waals surface area contributed by atoms with E-state index in [0.717, 1.165) is 12.1 Å². The first-order chi connectivity index (χ1) is 9.40. The third kappa shape index (κ3) is 2.94. The smallest absolute Gasteiger partial charge is 0.256 e. The first-order valence-corrected chi connectivity index (χ1v) is 6.89. The standard InChI is InChI=1S/C15H23N3O2/c1-10-5-4-6-13(16)14(10)15(20)18-9-12(19)7-11(18)8-17(2)3/h4-6,11-12,19H,7-9,16H2,1-3H3. The van der Waals surface area contributed by atoms with Crippen molar-refractivity contribution in [1.29, 1.82) is 0 Å². The molecule has 2 rings (SSSR count). The molecule has 2 unspecified atom stereocenters. The first kappa shape index (κ1) is 14.8. The normalized spacial score (nSPS) is 22.6. The number of hydrogen-bond donors (Lipinski definition) is 2. The Kier molecular flexibility index (Phi) is 4.30. The van der Waals surface area contributed by atoms with Gasteiger partial charge in [-0.15, -0.1) is 0 Å². The molecule has 1 aromatic carbocycles. The zero-order chi connectivity index (χ0) is 14.9. The fourth-order valence-electron chi connectivity index (χ4n) is 2.86. The van der Waals surface area contributed by atoms with Crippen molar-refractivity contribution >= 4 is 11.6 Å². The van der Waals surface area contributed by atoms with Gasteiger partial charge < -0.3 is 20.6 Å². The van der Waals surface area contributed by atoms with Crippen LogP contribution in [0.4, 0.5) is 5.69 Å². The molecule has 0 radical (unpaired) electrons. The number of anilines is 1. The lowest BCUT2D eigenvalue weighted by molar-refractivity contribution is 0.0699. The molecule has 1 aliphatic heterocycles. The van der Waals surface area contributed by atoms with Crippen LogP contribution in [-0.2, 0) is 0 Å². The molecular formula is C15H23N3O2. The van der Waals surface area contributed by atoms with Crippen LogP contribution in [0.15, 0.2) is 18.2 Å². The van der Waals surface area contributed by atoms with E-state index < -0.39 is 6.10 Å². The Hall–Kier alpha value is -1.59. The highest BCUT2D eigenvalue weighted by atomic mass is 16.3. The van der Waals surface area contributed by atoms with E-state index in [2.05, 4.69) is 0 Å². The van der Waals surface area contributed by atoms with E-state index in [1.165, 1.54) is 0 Å².